The number of hydrogen-bond acceptors (Lipinski definition) is 5. The van der Waals surface area contributed by atoms with Crippen molar-refractivity contribution < 1.29 is 19.0 Å². The number of carbonyl (C=O) groups is 1. The van der Waals surface area contributed by atoms with Crippen molar-refractivity contribution in [2.24, 2.45) is 0 Å². The Morgan fingerprint density at radius 1 is 1.15 bits per heavy atom. The van der Waals surface area contributed by atoms with Crippen LogP contribution in [0.15, 0.2) is 36.4 Å². The molecule has 1 saturated heterocycles. The minimum Gasteiger partial charge on any atom is -0.497 e. The molecular formula is C26H29N3O4. The van der Waals surface area contributed by atoms with E-state index in [9.17, 15) is 4.79 Å². The number of amides is 1. The van der Waals surface area contributed by atoms with E-state index >= 15 is 0 Å². The van der Waals surface area contributed by atoms with E-state index in [1.54, 1.807) is 7.11 Å². The van der Waals surface area contributed by atoms with Gasteiger partial charge in [-0.25, -0.2) is 0 Å². The number of hydrogen-bond donors (Lipinski definition) is 1. The lowest BCUT2D eigenvalue weighted by Gasteiger charge is -2.50. The van der Waals surface area contributed by atoms with Gasteiger partial charge in [-0.3, -0.25) is 4.79 Å². The van der Waals surface area contributed by atoms with Crippen LogP contribution in [0.5, 0.6) is 17.2 Å². The lowest BCUT2D eigenvalue weighted by molar-refractivity contribution is -0.128. The van der Waals surface area contributed by atoms with Crippen LogP contribution in [-0.2, 0) is 23.2 Å². The Morgan fingerprint density at radius 2 is 2.06 bits per heavy atom. The predicted octanol–water partition coefficient (Wildman–Crippen LogP) is 3.45. The average Bonchev–Trinajstić information content (AvgIpc) is 3.47. The summed E-state index contributed by atoms with van der Waals surface area (Å²) in [7, 11) is 1.70. The first-order chi connectivity index (χ1) is 16.2. The molecule has 3 aliphatic rings. The van der Waals surface area contributed by atoms with Gasteiger partial charge >= 0.3 is 0 Å². The Bertz CT molecular complexity index is 1210. The van der Waals surface area contributed by atoms with Crippen LogP contribution in [-0.4, -0.2) is 61.3 Å². The third-order valence-electron chi connectivity index (χ3n) is 7.56. The maximum Gasteiger partial charge on any atom is 0.231 e. The fourth-order valence-corrected chi connectivity index (χ4v) is 5.89. The van der Waals surface area contributed by atoms with Crippen molar-refractivity contribution in [1.82, 2.24) is 14.8 Å². The number of rotatable bonds is 5. The van der Waals surface area contributed by atoms with Crippen molar-refractivity contribution in [3.8, 4) is 17.2 Å². The van der Waals surface area contributed by atoms with E-state index in [1.165, 1.54) is 22.2 Å². The highest BCUT2D eigenvalue weighted by Gasteiger charge is 2.46. The summed E-state index contributed by atoms with van der Waals surface area (Å²) in [4.78, 5) is 20.4. The molecule has 7 heteroatoms. The number of ether oxygens (including phenoxy) is 3. The van der Waals surface area contributed by atoms with Crippen molar-refractivity contribution >= 4 is 17.3 Å². The van der Waals surface area contributed by atoms with Gasteiger partial charge in [0.1, 0.15) is 5.75 Å². The molecule has 2 aromatic carbocycles. The van der Waals surface area contributed by atoms with Gasteiger partial charge in [0.05, 0.1) is 12.6 Å². The summed E-state index contributed by atoms with van der Waals surface area (Å²) >= 11 is 0. The predicted molar refractivity (Wildman–Crippen MR) is 125 cm³/mol. The zero-order chi connectivity index (χ0) is 22.4. The van der Waals surface area contributed by atoms with Crippen molar-refractivity contribution in [2.75, 3.05) is 40.1 Å². The SMILES string of the molecule is COc1ccc2[nH]c3c(c2c1)CCN(C=O)C31CCCN(CCc2ccc3c(c2)OCO3)C1. The summed E-state index contributed by atoms with van der Waals surface area (Å²) in [5.74, 6) is 2.52. The number of methoxy groups -OCH3 is 1. The molecular weight excluding hydrogens is 418 g/mol. The van der Waals surface area contributed by atoms with Gasteiger partial charge in [0, 0.05) is 36.2 Å². The zero-order valence-corrected chi connectivity index (χ0v) is 18.9. The van der Waals surface area contributed by atoms with Crippen LogP contribution in [0.4, 0.5) is 0 Å². The molecule has 1 unspecified atom stereocenters. The number of likely N-dealkylation sites (tertiary alicyclic amines) is 1. The van der Waals surface area contributed by atoms with Crippen LogP contribution in [0.25, 0.3) is 10.9 Å². The highest BCUT2D eigenvalue weighted by molar-refractivity contribution is 5.87. The molecule has 4 heterocycles. The molecule has 1 fully saturated rings. The molecule has 6 rings (SSSR count). The zero-order valence-electron chi connectivity index (χ0n) is 18.9. The molecule has 1 N–H and O–H groups in total. The number of H-pyrrole nitrogens is 1. The van der Waals surface area contributed by atoms with Gasteiger partial charge in [0.15, 0.2) is 11.5 Å². The number of aromatic amines is 1. The Hall–Kier alpha value is -3.19. The largest absolute Gasteiger partial charge is 0.497 e. The van der Waals surface area contributed by atoms with Gasteiger partial charge in [0.25, 0.3) is 0 Å². The molecule has 1 amide bonds. The van der Waals surface area contributed by atoms with Crippen molar-refractivity contribution in [2.45, 2.75) is 31.2 Å². The van der Waals surface area contributed by atoms with Crippen LogP contribution >= 0.6 is 0 Å². The number of carbonyl (C=O) groups excluding carboxylic acids is 1. The molecule has 0 bridgehead atoms. The Balaban J connectivity index is 1.29. The van der Waals surface area contributed by atoms with Gasteiger partial charge in [-0.1, -0.05) is 6.07 Å². The van der Waals surface area contributed by atoms with Gasteiger partial charge in [-0.2, -0.15) is 0 Å². The molecule has 1 atom stereocenters. The topological polar surface area (TPSA) is 67.0 Å². The molecule has 3 aromatic rings. The Kier molecular flexibility index (Phi) is 4.94. The third-order valence-corrected chi connectivity index (χ3v) is 7.56. The van der Waals surface area contributed by atoms with Crippen LogP contribution in [0.1, 0.15) is 29.7 Å². The van der Waals surface area contributed by atoms with Crippen molar-refractivity contribution in [1.29, 1.82) is 0 Å². The molecule has 172 valence electrons. The normalized spacial score (nSPS) is 22.0. The molecule has 3 aliphatic heterocycles. The second-order valence-electron chi connectivity index (χ2n) is 9.29. The molecule has 7 nitrogen and oxygen atoms in total. The molecule has 0 radical (unpaired) electrons. The Morgan fingerprint density at radius 3 is 2.94 bits per heavy atom. The fourth-order valence-electron chi connectivity index (χ4n) is 5.89. The number of benzene rings is 2. The second kappa shape index (κ2) is 7.99. The quantitative estimate of drug-likeness (QED) is 0.607. The van der Waals surface area contributed by atoms with E-state index in [0.717, 1.165) is 81.0 Å². The van der Waals surface area contributed by atoms with E-state index in [-0.39, 0.29) is 5.54 Å². The monoisotopic (exact) mass is 447 g/mol. The third kappa shape index (κ3) is 3.33. The fraction of sp³-hybridized carbons (Fsp3) is 0.423. The van der Waals surface area contributed by atoms with Gasteiger partial charge in [-0.05, 0) is 73.7 Å². The lowest BCUT2D eigenvalue weighted by Crippen LogP contribution is -2.59. The van der Waals surface area contributed by atoms with Crippen LogP contribution < -0.4 is 14.2 Å². The summed E-state index contributed by atoms with van der Waals surface area (Å²) in [5, 5.41) is 1.21. The van der Waals surface area contributed by atoms with Crippen LogP contribution in [0.3, 0.4) is 0 Å². The minimum atomic E-state index is -0.311. The summed E-state index contributed by atoms with van der Waals surface area (Å²) in [6.45, 7) is 3.87. The van der Waals surface area contributed by atoms with Gasteiger partial charge < -0.3 is 29.0 Å². The Labute approximate surface area is 193 Å². The number of aromatic nitrogens is 1. The highest BCUT2D eigenvalue weighted by atomic mass is 16.7. The van der Waals surface area contributed by atoms with E-state index in [1.807, 2.05) is 17.0 Å². The lowest BCUT2D eigenvalue weighted by atomic mass is 9.79. The first-order valence-corrected chi connectivity index (χ1v) is 11.7. The van der Waals surface area contributed by atoms with E-state index in [4.69, 9.17) is 14.2 Å². The second-order valence-corrected chi connectivity index (χ2v) is 9.29. The van der Waals surface area contributed by atoms with Gasteiger partial charge in [0.2, 0.25) is 13.2 Å². The first-order valence-electron chi connectivity index (χ1n) is 11.7. The highest BCUT2D eigenvalue weighted by Crippen LogP contribution is 2.44. The van der Waals surface area contributed by atoms with E-state index in [0.29, 0.717) is 6.79 Å². The number of nitrogens with one attached hydrogen (secondary N) is 1. The summed E-state index contributed by atoms with van der Waals surface area (Å²) < 4.78 is 16.5. The molecule has 0 saturated carbocycles. The van der Waals surface area contributed by atoms with Crippen LogP contribution in [0.2, 0.25) is 0 Å². The van der Waals surface area contributed by atoms with Crippen molar-refractivity contribution in [3.63, 3.8) is 0 Å². The standard InChI is InChI=1S/C26H29N3O4/c1-31-19-4-5-22-21(14-19)20-8-12-29(16-30)26(25(20)27-22)9-2-10-28(15-26)11-7-18-3-6-23-24(13-18)33-17-32-23/h3-6,13-14,16,27H,2,7-12,15,17H2,1H3. The summed E-state index contributed by atoms with van der Waals surface area (Å²) in [6.07, 6.45) is 4.88. The average molecular weight is 448 g/mol. The molecule has 33 heavy (non-hydrogen) atoms. The van der Waals surface area contributed by atoms with E-state index in [2.05, 4.69) is 34.1 Å². The van der Waals surface area contributed by atoms with E-state index < -0.39 is 0 Å². The van der Waals surface area contributed by atoms with Crippen LogP contribution in [0, 0.1) is 0 Å². The smallest absolute Gasteiger partial charge is 0.231 e. The first kappa shape index (κ1) is 20.4. The molecule has 1 spiro atoms. The minimum absolute atomic E-state index is 0.299. The maximum atomic E-state index is 12.2. The van der Waals surface area contributed by atoms with Gasteiger partial charge in [-0.15, -0.1) is 0 Å². The van der Waals surface area contributed by atoms with Crippen molar-refractivity contribution in [3.05, 3.63) is 53.2 Å². The number of piperidine rings is 1. The molecule has 0 aliphatic carbocycles. The molecule has 1 aromatic heterocycles. The summed E-state index contributed by atoms with van der Waals surface area (Å²) in [6, 6.07) is 12.4. The maximum absolute atomic E-state index is 12.2. The summed E-state index contributed by atoms with van der Waals surface area (Å²) in [5.41, 5.74) is 4.59. The number of nitrogens with zero attached hydrogens (tertiary/aromatic N) is 2. The number of fused-ring (bicyclic) bond motifs is 5.